The quantitative estimate of drug-likeness (QED) is 0.822. The molecule has 1 fully saturated rings. The largest absolute Gasteiger partial charge is 0.348 e. The molecular weight excluding hydrogens is 360 g/mol. The third-order valence-electron chi connectivity index (χ3n) is 5.70. The Hall–Kier alpha value is -2.68. The molecule has 0 unspecified atom stereocenters. The molecule has 1 aliphatic rings. The summed E-state index contributed by atoms with van der Waals surface area (Å²) in [5.74, 6) is 0.0851. The topological polar surface area (TPSA) is 59.4 Å². The first-order valence-corrected chi connectivity index (χ1v) is 10.4. The Bertz CT molecular complexity index is 828. The van der Waals surface area contributed by atoms with Gasteiger partial charge in [0.25, 0.3) is 0 Å². The number of carbonyl (C=O) groups is 1. The molecule has 1 N–H and O–H groups in total. The van der Waals surface area contributed by atoms with Crippen molar-refractivity contribution < 1.29 is 4.79 Å². The van der Waals surface area contributed by atoms with Crippen LogP contribution < -0.4 is 5.32 Å². The van der Waals surface area contributed by atoms with Crippen LogP contribution in [0.3, 0.4) is 0 Å². The predicted molar refractivity (Wildman–Crippen MR) is 115 cm³/mol. The van der Waals surface area contributed by atoms with Crippen LogP contribution >= 0.6 is 0 Å². The van der Waals surface area contributed by atoms with Crippen molar-refractivity contribution in [2.75, 3.05) is 26.2 Å². The van der Waals surface area contributed by atoms with Gasteiger partial charge < -0.3 is 5.32 Å². The average Bonchev–Trinajstić information content (AvgIpc) is 3.00. The summed E-state index contributed by atoms with van der Waals surface area (Å²) in [6.07, 6.45) is 1.04. The van der Waals surface area contributed by atoms with Gasteiger partial charge in [0.05, 0.1) is 23.7 Å². The van der Waals surface area contributed by atoms with Crippen LogP contribution in [0.5, 0.6) is 0 Å². The van der Waals surface area contributed by atoms with E-state index in [0.29, 0.717) is 5.56 Å². The Balaban J connectivity index is 1.51. The van der Waals surface area contributed by atoms with Crippen molar-refractivity contribution in [3.8, 4) is 6.07 Å². The van der Waals surface area contributed by atoms with E-state index in [9.17, 15) is 4.79 Å². The van der Waals surface area contributed by atoms with Crippen molar-refractivity contribution in [1.82, 2.24) is 15.1 Å². The van der Waals surface area contributed by atoms with Gasteiger partial charge in [0, 0.05) is 26.2 Å². The third-order valence-corrected chi connectivity index (χ3v) is 5.70. The number of benzene rings is 2. The molecule has 2 atom stereocenters. The number of carbonyl (C=O) groups excluding carboxylic acids is 1. The third kappa shape index (κ3) is 5.90. The zero-order chi connectivity index (χ0) is 20.6. The molecule has 0 aromatic heterocycles. The summed E-state index contributed by atoms with van der Waals surface area (Å²) in [4.78, 5) is 17.5. The highest BCUT2D eigenvalue weighted by molar-refractivity contribution is 5.81. The summed E-state index contributed by atoms with van der Waals surface area (Å²) in [6.45, 7) is 8.68. The van der Waals surface area contributed by atoms with E-state index in [0.717, 1.165) is 44.7 Å². The van der Waals surface area contributed by atoms with Crippen molar-refractivity contribution in [1.29, 1.82) is 5.26 Å². The monoisotopic (exact) mass is 390 g/mol. The fraction of sp³-hybridized carbons (Fsp3) is 0.417. The molecule has 0 bridgehead atoms. The molecule has 5 heteroatoms. The van der Waals surface area contributed by atoms with Crippen LogP contribution in [0.4, 0.5) is 0 Å². The first-order chi connectivity index (χ1) is 14.1. The predicted octanol–water partition coefficient (Wildman–Crippen LogP) is 3.33. The fourth-order valence-electron chi connectivity index (χ4n) is 3.80. The van der Waals surface area contributed by atoms with E-state index in [1.54, 1.807) is 0 Å². The molecule has 1 amide bonds. The molecule has 1 aliphatic heterocycles. The van der Waals surface area contributed by atoms with Crippen molar-refractivity contribution in [2.24, 2.45) is 0 Å². The zero-order valence-electron chi connectivity index (χ0n) is 17.3. The lowest BCUT2D eigenvalue weighted by molar-refractivity contribution is -0.126. The molecule has 2 aromatic rings. The standard InChI is InChI=1S/C24H30N4O/c1-19(23-7-4-3-5-8-23)26-24(29)20(2)28-14-6-13-27(15-16-28)18-22-11-9-21(17-25)10-12-22/h3-5,7-12,19-20H,6,13-16,18H2,1-2H3,(H,26,29)/t19-,20+/m0/s1. The number of hydrogen-bond donors (Lipinski definition) is 1. The second-order valence-electron chi connectivity index (χ2n) is 7.79. The number of rotatable bonds is 6. The molecule has 0 spiro atoms. The highest BCUT2D eigenvalue weighted by Crippen LogP contribution is 2.14. The van der Waals surface area contributed by atoms with Crippen LogP contribution in [0.15, 0.2) is 54.6 Å². The highest BCUT2D eigenvalue weighted by Gasteiger charge is 2.25. The van der Waals surface area contributed by atoms with Crippen LogP contribution in [-0.2, 0) is 11.3 Å². The van der Waals surface area contributed by atoms with E-state index in [1.165, 1.54) is 5.56 Å². The maximum Gasteiger partial charge on any atom is 0.237 e. The molecule has 1 saturated heterocycles. The molecule has 5 nitrogen and oxygen atoms in total. The molecule has 1 heterocycles. The second-order valence-corrected chi connectivity index (χ2v) is 7.79. The van der Waals surface area contributed by atoms with Gasteiger partial charge in [-0.25, -0.2) is 0 Å². The van der Waals surface area contributed by atoms with E-state index < -0.39 is 0 Å². The van der Waals surface area contributed by atoms with Crippen LogP contribution in [0.2, 0.25) is 0 Å². The van der Waals surface area contributed by atoms with E-state index in [1.807, 2.05) is 68.4 Å². The van der Waals surface area contributed by atoms with Crippen molar-refractivity contribution in [3.63, 3.8) is 0 Å². The molecule has 0 aliphatic carbocycles. The van der Waals surface area contributed by atoms with Gasteiger partial charge in [-0.05, 0) is 50.1 Å². The van der Waals surface area contributed by atoms with Crippen molar-refractivity contribution in [2.45, 2.75) is 38.9 Å². The Morgan fingerprint density at radius 2 is 1.76 bits per heavy atom. The molecule has 0 saturated carbocycles. The molecule has 29 heavy (non-hydrogen) atoms. The minimum Gasteiger partial charge on any atom is -0.348 e. The summed E-state index contributed by atoms with van der Waals surface area (Å²) >= 11 is 0. The Labute approximate surface area is 173 Å². The van der Waals surface area contributed by atoms with Gasteiger partial charge in [-0.1, -0.05) is 42.5 Å². The van der Waals surface area contributed by atoms with Gasteiger partial charge in [0.15, 0.2) is 0 Å². The van der Waals surface area contributed by atoms with Crippen LogP contribution in [0.25, 0.3) is 0 Å². The lowest BCUT2D eigenvalue weighted by Gasteiger charge is -2.28. The number of hydrogen-bond acceptors (Lipinski definition) is 4. The minimum atomic E-state index is -0.143. The average molecular weight is 391 g/mol. The number of nitrogens with one attached hydrogen (secondary N) is 1. The highest BCUT2D eigenvalue weighted by atomic mass is 16.2. The Morgan fingerprint density at radius 3 is 2.45 bits per heavy atom. The van der Waals surface area contributed by atoms with Gasteiger partial charge in [-0.2, -0.15) is 5.26 Å². The molecule has 0 radical (unpaired) electrons. The van der Waals surface area contributed by atoms with Crippen LogP contribution in [0, 0.1) is 11.3 Å². The lowest BCUT2D eigenvalue weighted by atomic mass is 10.1. The molecule has 152 valence electrons. The summed E-state index contributed by atoms with van der Waals surface area (Å²) in [5.41, 5.74) is 3.04. The van der Waals surface area contributed by atoms with Crippen LogP contribution in [-0.4, -0.2) is 47.9 Å². The van der Waals surface area contributed by atoms with Crippen LogP contribution in [0.1, 0.15) is 43.0 Å². The zero-order valence-corrected chi connectivity index (χ0v) is 17.3. The first kappa shape index (κ1) is 21.0. The number of nitrogens with zero attached hydrogens (tertiary/aromatic N) is 3. The van der Waals surface area contributed by atoms with E-state index >= 15 is 0 Å². The van der Waals surface area contributed by atoms with E-state index in [-0.39, 0.29) is 18.0 Å². The second kappa shape index (κ2) is 10.2. The smallest absolute Gasteiger partial charge is 0.237 e. The summed E-state index contributed by atoms with van der Waals surface area (Å²) in [5, 5.41) is 12.1. The molecule has 3 rings (SSSR count). The normalized spacial score (nSPS) is 17.7. The van der Waals surface area contributed by atoms with Gasteiger partial charge in [0.1, 0.15) is 0 Å². The Kier molecular flexibility index (Phi) is 7.40. The van der Waals surface area contributed by atoms with Gasteiger partial charge in [-0.3, -0.25) is 14.6 Å². The fourth-order valence-corrected chi connectivity index (χ4v) is 3.80. The summed E-state index contributed by atoms with van der Waals surface area (Å²) < 4.78 is 0. The lowest BCUT2D eigenvalue weighted by Crippen LogP contribution is -2.47. The first-order valence-electron chi connectivity index (χ1n) is 10.4. The Morgan fingerprint density at radius 1 is 1.03 bits per heavy atom. The van der Waals surface area contributed by atoms with Gasteiger partial charge >= 0.3 is 0 Å². The SMILES string of the molecule is C[C@H](NC(=O)[C@@H](C)N1CCCN(Cc2ccc(C#N)cc2)CC1)c1ccccc1. The van der Waals surface area contributed by atoms with E-state index in [4.69, 9.17) is 5.26 Å². The summed E-state index contributed by atoms with van der Waals surface area (Å²) in [6, 6.07) is 19.9. The van der Waals surface area contributed by atoms with E-state index in [2.05, 4.69) is 21.2 Å². The minimum absolute atomic E-state index is 0.00556. The number of nitriles is 1. The number of amides is 1. The maximum atomic E-state index is 12.8. The molecule has 2 aromatic carbocycles. The summed E-state index contributed by atoms with van der Waals surface area (Å²) in [7, 11) is 0. The van der Waals surface area contributed by atoms with Gasteiger partial charge in [0.2, 0.25) is 5.91 Å². The molecular formula is C24H30N4O. The van der Waals surface area contributed by atoms with Crippen molar-refractivity contribution >= 4 is 5.91 Å². The van der Waals surface area contributed by atoms with Gasteiger partial charge in [-0.15, -0.1) is 0 Å². The van der Waals surface area contributed by atoms with Crippen molar-refractivity contribution in [3.05, 3.63) is 71.3 Å². The maximum absolute atomic E-state index is 12.8.